The van der Waals surface area contributed by atoms with Gasteiger partial charge in [0.25, 0.3) is 0 Å². The number of carboxylic acids is 1. The zero-order chi connectivity index (χ0) is 19.5. The number of halogens is 2. The molecule has 1 aliphatic heterocycles. The van der Waals surface area contributed by atoms with Crippen LogP contribution in [-0.2, 0) is 0 Å². The highest BCUT2D eigenvalue weighted by molar-refractivity contribution is 6.38. The number of benzene rings is 1. The molecule has 1 aromatic carbocycles. The van der Waals surface area contributed by atoms with E-state index >= 15 is 4.39 Å². The fraction of sp³-hybridized carbons (Fsp3) is 0.333. The standard InChI is InChI=1S/C18H18ClFN4O3/c1-2-23-7-9(17(26)27)16(25)10-13(21)12(20)15(11(19)14(10)23)24-6-5-22-18(8-24)3-4-18/h2,7,22H,1,3-6,8,21H2,(H,26,27). The third kappa shape index (κ3) is 2.59. The van der Waals surface area contributed by atoms with Gasteiger partial charge in [-0.05, 0) is 12.8 Å². The number of nitrogens with zero attached hydrogens (tertiary/aromatic N) is 2. The number of hydrogen-bond donors (Lipinski definition) is 3. The molecule has 27 heavy (non-hydrogen) atoms. The summed E-state index contributed by atoms with van der Waals surface area (Å²) in [6.45, 7) is 5.43. The zero-order valence-electron chi connectivity index (χ0n) is 14.4. The molecule has 1 saturated carbocycles. The first-order valence-electron chi connectivity index (χ1n) is 8.51. The molecule has 2 heterocycles. The van der Waals surface area contributed by atoms with E-state index in [4.69, 9.17) is 17.3 Å². The molecule has 2 aliphatic rings. The van der Waals surface area contributed by atoms with E-state index in [-0.39, 0.29) is 27.2 Å². The van der Waals surface area contributed by atoms with Gasteiger partial charge in [-0.25, -0.2) is 9.18 Å². The average Bonchev–Trinajstić information content (AvgIpc) is 3.37. The Hall–Kier alpha value is -2.58. The van der Waals surface area contributed by atoms with Crippen LogP contribution in [0.4, 0.5) is 15.8 Å². The van der Waals surface area contributed by atoms with Gasteiger partial charge < -0.3 is 25.6 Å². The maximum Gasteiger partial charge on any atom is 0.341 e. The Morgan fingerprint density at radius 2 is 2.19 bits per heavy atom. The number of piperazine rings is 1. The number of nitrogens with one attached hydrogen (secondary N) is 1. The Balaban J connectivity index is 2.03. The number of carboxylic acid groups (broad SMARTS) is 1. The maximum absolute atomic E-state index is 15.2. The minimum absolute atomic E-state index is 0.0170. The van der Waals surface area contributed by atoms with Crippen LogP contribution in [-0.4, -0.2) is 40.8 Å². The quantitative estimate of drug-likeness (QED) is 0.692. The molecule has 0 radical (unpaired) electrons. The van der Waals surface area contributed by atoms with E-state index in [9.17, 15) is 14.7 Å². The van der Waals surface area contributed by atoms with E-state index in [1.54, 1.807) is 0 Å². The van der Waals surface area contributed by atoms with Crippen LogP contribution in [0.2, 0.25) is 5.02 Å². The van der Waals surface area contributed by atoms with Gasteiger partial charge in [0, 0.05) is 37.6 Å². The number of aromatic carboxylic acids is 1. The van der Waals surface area contributed by atoms with Gasteiger partial charge >= 0.3 is 5.97 Å². The molecule has 0 atom stereocenters. The normalized spacial score (nSPS) is 18.1. The largest absolute Gasteiger partial charge is 0.477 e. The first-order chi connectivity index (χ1) is 12.8. The third-order valence-corrected chi connectivity index (χ3v) is 5.69. The van der Waals surface area contributed by atoms with Crippen LogP contribution >= 0.6 is 11.6 Å². The lowest BCUT2D eigenvalue weighted by molar-refractivity contribution is 0.0695. The Kier molecular flexibility index (Phi) is 3.94. The lowest BCUT2D eigenvalue weighted by Crippen LogP contribution is -2.53. The van der Waals surface area contributed by atoms with Crippen LogP contribution in [0.3, 0.4) is 0 Å². The third-order valence-electron chi connectivity index (χ3n) is 5.34. The predicted molar refractivity (Wildman–Crippen MR) is 103 cm³/mol. The molecule has 7 nitrogen and oxygen atoms in total. The Labute approximate surface area is 158 Å². The second-order valence-corrected chi connectivity index (χ2v) is 7.39. The lowest BCUT2D eigenvalue weighted by Gasteiger charge is -2.36. The zero-order valence-corrected chi connectivity index (χ0v) is 15.1. The summed E-state index contributed by atoms with van der Waals surface area (Å²) in [6, 6.07) is 0. The Morgan fingerprint density at radius 1 is 1.48 bits per heavy atom. The first-order valence-corrected chi connectivity index (χ1v) is 8.88. The van der Waals surface area contributed by atoms with Gasteiger partial charge in [-0.15, -0.1) is 0 Å². The highest BCUT2D eigenvalue weighted by Gasteiger charge is 2.46. The van der Waals surface area contributed by atoms with Crippen LogP contribution in [0.15, 0.2) is 17.6 Å². The van der Waals surface area contributed by atoms with Gasteiger partial charge in [-0.3, -0.25) is 4.79 Å². The SMILES string of the molecule is C=Cn1cc(C(=O)O)c(=O)c2c(N)c(F)c(N3CCNC4(CC4)C3)c(Cl)c21. The summed E-state index contributed by atoms with van der Waals surface area (Å²) >= 11 is 6.54. The molecule has 1 saturated heterocycles. The Bertz CT molecular complexity index is 1060. The minimum Gasteiger partial charge on any atom is -0.477 e. The summed E-state index contributed by atoms with van der Waals surface area (Å²) in [5.41, 5.74) is 4.40. The monoisotopic (exact) mass is 392 g/mol. The molecule has 0 bridgehead atoms. The van der Waals surface area contributed by atoms with E-state index in [2.05, 4.69) is 11.9 Å². The summed E-state index contributed by atoms with van der Waals surface area (Å²) in [5, 5.41) is 12.5. The van der Waals surface area contributed by atoms with E-state index in [0.717, 1.165) is 19.0 Å². The van der Waals surface area contributed by atoms with Gasteiger partial charge in [0.05, 0.1) is 27.3 Å². The Morgan fingerprint density at radius 3 is 2.78 bits per heavy atom. The van der Waals surface area contributed by atoms with Crippen molar-refractivity contribution >= 4 is 46.0 Å². The van der Waals surface area contributed by atoms with Crippen molar-refractivity contribution in [1.82, 2.24) is 9.88 Å². The highest BCUT2D eigenvalue weighted by Crippen LogP contribution is 2.44. The van der Waals surface area contributed by atoms with Crippen molar-refractivity contribution < 1.29 is 14.3 Å². The summed E-state index contributed by atoms with van der Waals surface area (Å²) in [5.74, 6) is -2.24. The van der Waals surface area contributed by atoms with Crippen molar-refractivity contribution in [3.05, 3.63) is 39.4 Å². The van der Waals surface area contributed by atoms with Crippen molar-refractivity contribution in [2.75, 3.05) is 30.3 Å². The molecule has 142 valence electrons. The van der Waals surface area contributed by atoms with Gasteiger partial charge in [-0.2, -0.15) is 0 Å². The number of carbonyl (C=O) groups is 1. The predicted octanol–water partition coefficient (Wildman–Crippen LogP) is 2.12. The lowest BCUT2D eigenvalue weighted by atomic mass is 10.1. The summed E-state index contributed by atoms with van der Waals surface area (Å²) in [7, 11) is 0. The molecule has 4 N–H and O–H groups in total. The smallest absolute Gasteiger partial charge is 0.341 e. The molecule has 0 amide bonds. The van der Waals surface area contributed by atoms with E-state index in [0.29, 0.717) is 19.6 Å². The molecule has 1 spiro atoms. The van der Waals surface area contributed by atoms with E-state index < -0.39 is 28.5 Å². The first kappa shape index (κ1) is 17.8. The van der Waals surface area contributed by atoms with Crippen LogP contribution < -0.4 is 21.4 Å². The fourth-order valence-corrected chi connectivity index (χ4v) is 4.15. The number of hydrogen-bond acceptors (Lipinski definition) is 5. The molecular formula is C18H18ClFN4O3. The summed E-state index contributed by atoms with van der Waals surface area (Å²) in [6.07, 6.45) is 4.44. The van der Waals surface area contributed by atoms with Crippen molar-refractivity contribution in [2.45, 2.75) is 18.4 Å². The van der Waals surface area contributed by atoms with Crippen molar-refractivity contribution in [3.8, 4) is 0 Å². The second kappa shape index (κ2) is 5.97. The van der Waals surface area contributed by atoms with Crippen LogP contribution in [0.25, 0.3) is 17.1 Å². The molecule has 1 aromatic heterocycles. The minimum atomic E-state index is -1.43. The van der Waals surface area contributed by atoms with Gasteiger partial charge in [0.2, 0.25) is 5.43 Å². The van der Waals surface area contributed by atoms with Gasteiger partial charge in [0.1, 0.15) is 5.56 Å². The maximum atomic E-state index is 15.2. The van der Waals surface area contributed by atoms with Crippen molar-refractivity contribution in [2.24, 2.45) is 0 Å². The van der Waals surface area contributed by atoms with Crippen LogP contribution in [0.5, 0.6) is 0 Å². The number of pyridine rings is 1. The number of fused-ring (bicyclic) bond motifs is 1. The van der Waals surface area contributed by atoms with Crippen molar-refractivity contribution in [1.29, 1.82) is 0 Å². The second-order valence-electron chi connectivity index (χ2n) is 7.01. The molecule has 2 aromatic rings. The summed E-state index contributed by atoms with van der Waals surface area (Å²) < 4.78 is 16.5. The van der Waals surface area contributed by atoms with E-state index in [1.165, 1.54) is 10.8 Å². The number of rotatable bonds is 3. The van der Waals surface area contributed by atoms with Crippen LogP contribution in [0, 0.1) is 5.82 Å². The van der Waals surface area contributed by atoms with Crippen molar-refractivity contribution in [3.63, 3.8) is 0 Å². The molecule has 2 fully saturated rings. The summed E-state index contributed by atoms with van der Waals surface area (Å²) in [4.78, 5) is 25.8. The number of anilines is 2. The number of nitrogens with two attached hydrogens (primary N) is 1. The molecular weight excluding hydrogens is 375 g/mol. The highest BCUT2D eigenvalue weighted by atomic mass is 35.5. The van der Waals surface area contributed by atoms with Gasteiger partial charge in [-0.1, -0.05) is 18.2 Å². The molecule has 1 aliphatic carbocycles. The number of nitrogen functional groups attached to an aromatic ring is 1. The average molecular weight is 393 g/mol. The van der Waals surface area contributed by atoms with E-state index in [1.807, 2.05) is 4.90 Å². The fourth-order valence-electron chi connectivity index (χ4n) is 3.76. The molecule has 0 unspecified atom stereocenters. The molecule has 4 rings (SSSR count). The van der Waals surface area contributed by atoms with Crippen LogP contribution in [0.1, 0.15) is 23.2 Å². The topological polar surface area (TPSA) is 101 Å². The van der Waals surface area contributed by atoms with Gasteiger partial charge in [0.15, 0.2) is 5.82 Å². The number of aromatic nitrogens is 1. The molecule has 9 heteroatoms.